The highest BCUT2D eigenvalue weighted by Gasteiger charge is 2.23. The van der Waals surface area contributed by atoms with Gasteiger partial charge >= 0.3 is 0 Å². The van der Waals surface area contributed by atoms with Crippen molar-refractivity contribution in [2.24, 2.45) is 0 Å². The van der Waals surface area contributed by atoms with Crippen LogP contribution in [-0.2, 0) is 0 Å². The van der Waals surface area contributed by atoms with Crippen LogP contribution < -0.4 is 10.6 Å². The number of pyridine rings is 2. The van der Waals surface area contributed by atoms with Crippen LogP contribution in [0.5, 0.6) is 0 Å². The monoisotopic (exact) mass is 479 g/mol. The third-order valence-electron chi connectivity index (χ3n) is 6.68. The molecule has 8 heteroatoms. The van der Waals surface area contributed by atoms with Crippen molar-refractivity contribution in [1.29, 1.82) is 0 Å². The molecule has 1 saturated carbocycles. The molecule has 6 rings (SSSR count). The summed E-state index contributed by atoms with van der Waals surface area (Å²) in [5.41, 5.74) is 3.66. The van der Waals surface area contributed by atoms with Gasteiger partial charge in [-0.3, -0.25) is 4.40 Å². The van der Waals surface area contributed by atoms with Crippen LogP contribution in [0.4, 0.5) is 16.2 Å². The van der Waals surface area contributed by atoms with Crippen molar-refractivity contribution in [1.82, 2.24) is 24.3 Å². The van der Waals surface area contributed by atoms with Gasteiger partial charge in [0.2, 0.25) is 5.95 Å². The molecule has 4 aromatic heterocycles. The Bertz CT molecular complexity index is 1460. The molecule has 7 nitrogen and oxygen atoms in total. The number of rotatable bonds is 6. The molecule has 2 N–H and O–H groups in total. The molecule has 5 aromatic rings. The Morgan fingerprint density at radius 1 is 0.750 bits per heavy atom. The van der Waals surface area contributed by atoms with Gasteiger partial charge in [0.05, 0.1) is 18.1 Å². The fraction of sp³-hybridized carbons (Fsp3) is 0.214. The number of imidazole rings is 1. The Kier molecular flexibility index (Phi) is 5.99. The Morgan fingerprint density at radius 3 is 2.31 bits per heavy atom. The summed E-state index contributed by atoms with van der Waals surface area (Å²) in [6.07, 6.45) is 10.6. The van der Waals surface area contributed by atoms with Crippen molar-refractivity contribution in [3.63, 3.8) is 0 Å². The van der Waals surface area contributed by atoms with Crippen molar-refractivity contribution < 1.29 is 4.39 Å². The van der Waals surface area contributed by atoms with E-state index in [9.17, 15) is 4.39 Å². The molecule has 0 unspecified atom stereocenters. The normalized spacial score (nSPS) is 17.7. The van der Waals surface area contributed by atoms with Crippen molar-refractivity contribution in [2.45, 2.75) is 37.8 Å². The zero-order chi connectivity index (χ0) is 24.3. The first kappa shape index (κ1) is 22.2. The molecule has 1 aromatic carbocycles. The molecule has 1 fully saturated rings. The standard InChI is InChI=1S/C28H26FN7/c29-23-16-32-28(34-22-12-10-21(11-13-22)33-25-8-4-5-15-30-25)35-27(23)24-17-31-26-14-9-20(18-36(24)26)19-6-2-1-3-7-19/h1-9,14-18,21-22H,10-13H2,(H,30,33)(H,32,34,35)/t21-,22-. The van der Waals surface area contributed by atoms with Gasteiger partial charge in [-0.05, 0) is 61.1 Å². The molecule has 1 aliphatic rings. The molecule has 36 heavy (non-hydrogen) atoms. The van der Waals surface area contributed by atoms with Gasteiger partial charge < -0.3 is 10.6 Å². The highest BCUT2D eigenvalue weighted by atomic mass is 19.1. The van der Waals surface area contributed by atoms with Gasteiger partial charge in [0.25, 0.3) is 0 Å². The van der Waals surface area contributed by atoms with Crippen LogP contribution in [0.2, 0.25) is 0 Å². The van der Waals surface area contributed by atoms with Crippen molar-refractivity contribution in [3.8, 4) is 22.5 Å². The number of fused-ring (bicyclic) bond motifs is 1. The van der Waals surface area contributed by atoms with Crippen LogP contribution in [-0.4, -0.2) is 36.4 Å². The first-order valence-electron chi connectivity index (χ1n) is 12.2. The summed E-state index contributed by atoms with van der Waals surface area (Å²) in [7, 11) is 0. The average Bonchev–Trinajstić information content (AvgIpc) is 3.35. The number of aromatic nitrogens is 5. The molecule has 0 aliphatic heterocycles. The van der Waals surface area contributed by atoms with E-state index in [1.807, 2.05) is 71.3 Å². The third-order valence-corrected chi connectivity index (χ3v) is 6.68. The van der Waals surface area contributed by atoms with E-state index < -0.39 is 5.82 Å². The van der Waals surface area contributed by atoms with Gasteiger partial charge in [-0.25, -0.2) is 24.3 Å². The predicted octanol–water partition coefficient (Wildman–Crippen LogP) is 5.83. The number of nitrogens with zero attached hydrogens (tertiary/aromatic N) is 5. The van der Waals surface area contributed by atoms with Crippen molar-refractivity contribution in [3.05, 3.63) is 91.3 Å². The average molecular weight is 480 g/mol. The largest absolute Gasteiger partial charge is 0.367 e. The number of nitrogens with one attached hydrogen (secondary N) is 2. The number of hydrogen-bond donors (Lipinski definition) is 2. The fourth-order valence-electron chi connectivity index (χ4n) is 4.80. The van der Waals surface area contributed by atoms with Gasteiger partial charge in [0.15, 0.2) is 5.82 Å². The number of halogens is 1. The quantitative estimate of drug-likeness (QED) is 0.319. The van der Waals surface area contributed by atoms with E-state index in [1.54, 1.807) is 12.4 Å². The Morgan fingerprint density at radius 2 is 1.53 bits per heavy atom. The molecule has 0 atom stereocenters. The Labute approximate surface area is 208 Å². The van der Waals surface area contributed by atoms with Crippen LogP contribution in [0, 0.1) is 5.82 Å². The molecule has 0 saturated heterocycles. The molecule has 0 radical (unpaired) electrons. The van der Waals surface area contributed by atoms with E-state index in [2.05, 4.69) is 30.6 Å². The molecule has 0 amide bonds. The number of anilines is 2. The lowest BCUT2D eigenvalue weighted by Gasteiger charge is -2.30. The molecule has 1 aliphatic carbocycles. The molecule has 180 valence electrons. The van der Waals surface area contributed by atoms with E-state index in [0.717, 1.165) is 48.3 Å². The second-order valence-corrected chi connectivity index (χ2v) is 9.10. The molecule has 0 bridgehead atoms. The SMILES string of the molecule is Fc1cnc(N[C@H]2CC[C@H](Nc3ccccn3)CC2)nc1-c1cnc2ccc(-c3ccccc3)cn12. The highest BCUT2D eigenvalue weighted by molar-refractivity contribution is 5.68. The number of benzene rings is 1. The lowest BCUT2D eigenvalue weighted by atomic mass is 9.91. The molecule has 0 spiro atoms. The minimum absolute atomic E-state index is 0.232. The minimum atomic E-state index is -0.476. The minimum Gasteiger partial charge on any atom is -0.367 e. The second-order valence-electron chi connectivity index (χ2n) is 9.10. The van der Waals surface area contributed by atoms with E-state index in [0.29, 0.717) is 17.7 Å². The topological polar surface area (TPSA) is 80.0 Å². The third kappa shape index (κ3) is 4.62. The molecular weight excluding hydrogens is 453 g/mol. The van der Waals surface area contributed by atoms with Gasteiger partial charge in [0, 0.05) is 24.5 Å². The Hall–Kier alpha value is -4.33. The summed E-state index contributed by atoms with van der Waals surface area (Å²) in [6.45, 7) is 0. The van der Waals surface area contributed by atoms with Crippen LogP contribution in [0.15, 0.2) is 85.5 Å². The Balaban J connectivity index is 1.19. The summed E-state index contributed by atoms with van der Waals surface area (Å²) >= 11 is 0. The summed E-state index contributed by atoms with van der Waals surface area (Å²) < 4.78 is 16.8. The zero-order valence-electron chi connectivity index (χ0n) is 19.7. The smallest absolute Gasteiger partial charge is 0.223 e. The summed E-state index contributed by atoms with van der Waals surface area (Å²) in [5, 5.41) is 6.92. The van der Waals surface area contributed by atoms with Crippen LogP contribution in [0.25, 0.3) is 28.2 Å². The van der Waals surface area contributed by atoms with Gasteiger partial charge in [-0.2, -0.15) is 0 Å². The van der Waals surface area contributed by atoms with E-state index in [-0.39, 0.29) is 11.7 Å². The van der Waals surface area contributed by atoms with Gasteiger partial charge in [-0.15, -0.1) is 0 Å². The van der Waals surface area contributed by atoms with E-state index >= 15 is 0 Å². The molecule has 4 heterocycles. The van der Waals surface area contributed by atoms with Crippen LogP contribution in [0.3, 0.4) is 0 Å². The predicted molar refractivity (Wildman–Crippen MR) is 139 cm³/mol. The van der Waals surface area contributed by atoms with Crippen molar-refractivity contribution >= 4 is 17.4 Å². The zero-order valence-corrected chi connectivity index (χ0v) is 19.7. The van der Waals surface area contributed by atoms with Crippen LogP contribution in [0.1, 0.15) is 25.7 Å². The second kappa shape index (κ2) is 9.73. The maximum absolute atomic E-state index is 14.9. The number of hydrogen-bond acceptors (Lipinski definition) is 6. The highest BCUT2D eigenvalue weighted by Crippen LogP contribution is 2.28. The van der Waals surface area contributed by atoms with Gasteiger partial charge in [0.1, 0.15) is 17.2 Å². The summed E-state index contributed by atoms with van der Waals surface area (Å²) in [6, 6.07) is 20.5. The fourth-order valence-corrected chi connectivity index (χ4v) is 4.80. The first-order chi connectivity index (χ1) is 17.7. The lowest BCUT2D eigenvalue weighted by molar-refractivity contribution is 0.426. The van der Waals surface area contributed by atoms with E-state index in [1.165, 1.54) is 6.20 Å². The maximum Gasteiger partial charge on any atom is 0.223 e. The maximum atomic E-state index is 14.9. The van der Waals surface area contributed by atoms with Gasteiger partial charge in [-0.1, -0.05) is 36.4 Å². The molecular formula is C28H26FN7. The first-order valence-corrected chi connectivity index (χ1v) is 12.2. The van der Waals surface area contributed by atoms with E-state index in [4.69, 9.17) is 0 Å². The van der Waals surface area contributed by atoms with Crippen LogP contribution >= 0.6 is 0 Å². The summed E-state index contributed by atoms with van der Waals surface area (Å²) in [4.78, 5) is 17.6. The van der Waals surface area contributed by atoms with Crippen molar-refractivity contribution in [2.75, 3.05) is 10.6 Å². The lowest BCUT2D eigenvalue weighted by Crippen LogP contribution is -2.33. The summed E-state index contributed by atoms with van der Waals surface area (Å²) in [5.74, 6) is 0.862.